The minimum atomic E-state index is -0.151. The molecule has 2 fully saturated rings. The van der Waals surface area contributed by atoms with E-state index in [0.29, 0.717) is 17.6 Å². The van der Waals surface area contributed by atoms with Crippen LogP contribution in [0, 0.1) is 0 Å². The van der Waals surface area contributed by atoms with Crippen LogP contribution in [0.4, 0.5) is 0 Å². The van der Waals surface area contributed by atoms with Crippen molar-refractivity contribution in [3.8, 4) is 0 Å². The first kappa shape index (κ1) is 16.4. The topological polar surface area (TPSA) is 71.5 Å². The molecule has 0 aliphatic carbocycles. The third-order valence-corrected chi connectivity index (χ3v) is 5.19. The predicted molar refractivity (Wildman–Crippen MR) is 93.2 cm³/mol. The van der Waals surface area contributed by atoms with Crippen LogP contribution in [-0.2, 0) is 4.74 Å². The molecule has 0 bridgehead atoms. The Kier molecular flexibility index (Phi) is 4.59. The van der Waals surface area contributed by atoms with Crippen molar-refractivity contribution in [2.45, 2.75) is 31.4 Å². The largest absolute Gasteiger partial charge is 0.380 e. The molecule has 1 aromatic heterocycles. The molecule has 2 atom stereocenters. The fourth-order valence-corrected chi connectivity index (χ4v) is 3.83. The lowest BCUT2D eigenvalue weighted by molar-refractivity contribution is 0.0657. The normalized spacial score (nSPS) is 24.3. The summed E-state index contributed by atoms with van der Waals surface area (Å²) in [6.07, 6.45) is 3.42. The first-order valence-electron chi connectivity index (χ1n) is 8.90. The van der Waals surface area contributed by atoms with Crippen LogP contribution in [0.1, 0.15) is 29.9 Å². The number of aromatic nitrogens is 3. The van der Waals surface area contributed by atoms with Crippen molar-refractivity contribution in [2.75, 3.05) is 33.3 Å². The summed E-state index contributed by atoms with van der Waals surface area (Å²) in [5, 5.41) is 8.20. The van der Waals surface area contributed by atoms with Crippen molar-refractivity contribution < 1.29 is 9.53 Å². The van der Waals surface area contributed by atoms with Gasteiger partial charge in [0.15, 0.2) is 0 Å². The van der Waals surface area contributed by atoms with Gasteiger partial charge in [-0.2, -0.15) is 0 Å². The number of hydrogen-bond acceptors (Lipinski definition) is 6. The molecule has 0 spiro atoms. The Labute approximate surface area is 147 Å². The molecule has 2 aliphatic heterocycles. The summed E-state index contributed by atoms with van der Waals surface area (Å²) >= 11 is 0. The van der Waals surface area contributed by atoms with E-state index in [9.17, 15) is 4.79 Å². The molecular formula is C18H23N5O2. The fraction of sp³-hybridized carbons (Fsp3) is 0.556. The van der Waals surface area contributed by atoms with Crippen LogP contribution in [0.25, 0.3) is 11.0 Å². The molecule has 2 aliphatic rings. The van der Waals surface area contributed by atoms with Gasteiger partial charge in [-0.1, -0.05) is 12.1 Å². The molecule has 132 valence electrons. The van der Waals surface area contributed by atoms with E-state index in [0.717, 1.165) is 26.1 Å². The number of benzene rings is 1. The number of hydrogen-bond donors (Lipinski definition) is 0. The summed E-state index contributed by atoms with van der Waals surface area (Å²) in [6, 6.07) is 7.61. The lowest BCUT2D eigenvalue weighted by atomic mass is 10.2. The van der Waals surface area contributed by atoms with Crippen LogP contribution in [0.2, 0.25) is 0 Å². The second-order valence-electron chi connectivity index (χ2n) is 6.84. The second-order valence-corrected chi connectivity index (χ2v) is 6.84. The van der Waals surface area contributed by atoms with Crippen molar-refractivity contribution in [3.05, 3.63) is 30.1 Å². The number of para-hydroxylation sites is 1. The third-order valence-electron chi connectivity index (χ3n) is 5.19. The minimum Gasteiger partial charge on any atom is -0.380 e. The van der Waals surface area contributed by atoms with Gasteiger partial charge in [0, 0.05) is 26.2 Å². The standard InChI is InChI=1S/C18H23N5O2/c1-25-14-10-13(11-22-8-4-5-9-22)23(12-14)18(24)17-19-15-6-2-3-7-16(15)20-21-17/h2-3,6-7,13-14H,4-5,8-12H2,1H3/t13-,14-/m0/s1. The monoisotopic (exact) mass is 341 g/mol. The molecule has 0 saturated carbocycles. The van der Waals surface area contributed by atoms with E-state index in [1.54, 1.807) is 7.11 Å². The third kappa shape index (κ3) is 3.34. The predicted octanol–water partition coefficient (Wildman–Crippen LogP) is 1.35. The van der Waals surface area contributed by atoms with E-state index in [2.05, 4.69) is 20.1 Å². The SMILES string of the molecule is CO[C@H]1C[C@@H](CN2CCCC2)N(C(=O)c2nnc3ccccc3n2)C1. The van der Waals surface area contributed by atoms with Crippen molar-refractivity contribution >= 4 is 16.9 Å². The van der Waals surface area contributed by atoms with Crippen LogP contribution in [0.15, 0.2) is 24.3 Å². The molecule has 7 nitrogen and oxygen atoms in total. The maximum Gasteiger partial charge on any atom is 0.293 e. The lowest BCUT2D eigenvalue weighted by Gasteiger charge is -2.27. The molecule has 3 heterocycles. The maximum absolute atomic E-state index is 13.0. The Bertz CT molecular complexity index is 762. The number of amides is 1. The van der Waals surface area contributed by atoms with Gasteiger partial charge in [-0.3, -0.25) is 4.79 Å². The van der Waals surface area contributed by atoms with Crippen molar-refractivity contribution in [2.24, 2.45) is 0 Å². The Hall–Kier alpha value is -2.12. The van der Waals surface area contributed by atoms with Crippen LogP contribution in [0.3, 0.4) is 0 Å². The zero-order valence-corrected chi connectivity index (χ0v) is 14.5. The van der Waals surface area contributed by atoms with Crippen molar-refractivity contribution in [1.29, 1.82) is 0 Å². The Balaban J connectivity index is 1.56. The minimum absolute atomic E-state index is 0.0740. The summed E-state index contributed by atoms with van der Waals surface area (Å²) in [7, 11) is 1.71. The number of fused-ring (bicyclic) bond motifs is 1. The van der Waals surface area contributed by atoms with E-state index in [1.165, 1.54) is 12.8 Å². The fourth-order valence-electron chi connectivity index (χ4n) is 3.83. The van der Waals surface area contributed by atoms with Gasteiger partial charge in [-0.25, -0.2) is 4.98 Å². The number of carbonyl (C=O) groups is 1. The highest BCUT2D eigenvalue weighted by Crippen LogP contribution is 2.24. The maximum atomic E-state index is 13.0. The van der Waals surface area contributed by atoms with Gasteiger partial charge in [0.05, 0.1) is 11.6 Å². The smallest absolute Gasteiger partial charge is 0.293 e. The molecule has 0 N–H and O–H groups in total. The molecule has 2 saturated heterocycles. The summed E-state index contributed by atoms with van der Waals surface area (Å²) in [6.45, 7) is 3.71. The van der Waals surface area contributed by atoms with Crippen molar-refractivity contribution in [3.63, 3.8) is 0 Å². The lowest BCUT2D eigenvalue weighted by Crippen LogP contribution is -2.43. The molecule has 1 amide bonds. The molecule has 7 heteroatoms. The summed E-state index contributed by atoms with van der Waals surface area (Å²) in [5.41, 5.74) is 1.39. The summed E-state index contributed by atoms with van der Waals surface area (Å²) in [4.78, 5) is 21.7. The zero-order chi connectivity index (χ0) is 17.2. The van der Waals surface area contributed by atoms with Crippen LogP contribution >= 0.6 is 0 Å². The van der Waals surface area contributed by atoms with Gasteiger partial charge in [0.1, 0.15) is 5.52 Å². The highest BCUT2D eigenvalue weighted by atomic mass is 16.5. The van der Waals surface area contributed by atoms with Crippen molar-refractivity contribution in [1.82, 2.24) is 25.0 Å². The van der Waals surface area contributed by atoms with Gasteiger partial charge in [-0.15, -0.1) is 10.2 Å². The number of carbonyl (C=O) groups excluding carboxylic acids is 1. The first-order chi connectivity index (χ1) is 12.2. The van der Waals surface area contributed by atoms with Gasteiger partial charge < -0.3 is 14.5 Å². The van der Waals surface area contributed by atoms with Gasteiger partial charge >= 0.3 is 0 Å². The van der Waals surface area contributed by atoms with E-state index < -0.39 is 0 Å². The zero-order valence-electron chi connectivity index (χ0n) is 14.5. The Morgan fingerprint density at radius 3 is 2.72 bits per heavy atom. The molecular weight excluding hydrogens is 318 g/mol. The van der Waals surface area contributed by atoms with E-state index in [4.69, 9.17) is 4.74 Å². The van der Waals surface area contributed by atoms with E-state index in [-0.39, 0.29) is 23.9 Å². The molecule has 4 rings (SSSR count). The quantitative estimate of drug-likeness (QED) is 0.836. The highest BCUT2D eigenvalue weighted by molar-refractivity contribution is 5.92. The number of ether oxygens (including phenoxy) is 1. The van der Waals surface area contributed by atoms with Gasteiger partial charge in [0.25, 0.3) is 5.91 Å². The van der Waals surface area contributed by atoms with Crippen LogP contribution < -0.4 is 0 Å². The van der Waals surface area contributed by atoms with Crippen LogP contribution in [0.5, 0.6) is 0 Å². The van der Waals surface area contributed by atoms with Gasteiger partial charge in [-0.05, 0) is 44.5 Å². The van der Waals surface area contributed by atoms with Gasteiger partial charge in [0.2, 0.25) is 5.82 Å². The molecule has 0 radical (unpaired) electrons. The molecule has 1 aromatic carbocycles. The van der Waals surface area contributed by atoms with E-state index >= 15 is 0 Å². The van der Waals surface area contributed by atoms with E-state index in [1.807, 2.05) is 29.2 Å². The first-order valence-corrected chi connectivity index (χ1v) is 8.90. The molecule has 25 heavy (non-hydrogen) atoms. The highest BCUT2D eigenvalue weighted by Gasteiger charge is 2.38. The molecule has 0 unspecified atom stereocenters. The number of rotatable bonds is 4. The average Bonchev–Trinajstić information content (AvgIpc) is 3.31. The summed E-state index contributed by atoms with van der Waals surface area (Å²) in [5.74, 6) is 0.0175. The van der Waals surface area contributed by atoms with Crippen LogP contribution in [-0.4, -0.2) is 76.3 Å². The number of nitrogens with zero attached hydrogens (tertiary/aromatic N) is 5. The number of likely N-dealkylation sites (tertiary alicyclic amines) is 2. The Morgan fingerprint density at radius 2 is 1.96 bits per heavy atom. The second kappa shape index (κ2) is 7.01. The average molecular weight is 341 g/mol. The number of methoxy groups -OCH3 is 1. The Morgan fingerprint density at radius 1 is 1.20 bits per heavy atom. The molecule has 2 aromatic rings. The summed E-state index contributed by atoms with van der Waals surface area (Å²) < 4.78 is 5.52.